The molecule has 1 N–H and O–H groups in total. The van der Waals surface area contributed by atoms with Crippen molar-refractivity contribution in [3.63, 3.8) is 0 Å². The predicted molar refractivity (Wildman–Crippen MR) is 83.5 cm³/mol. The van der Waals surface area contributed by atoms with E-state index in [1.807, 2.05) is 0 Å². The molecule has 1 fully saturated rings. The third-order valence-corrected chi connectivity index (χ3v) is 4.31. The van der Waals surface area contributed by atoms with Gasteiger partial charge >= 0.3 is 0 Å². The Morgan fingerprint density at radius 2 is 1.84 bits per heavy atom. The molecule has 0 bridgehead atoms. The van der Waals surface area contributed by atoms with Crippen LogP contribution in [-0.4, -0.2) is 25.3 Å². The van der Waals surface area contributed by atoms with Crippen LogP contribution in [0.15, 0.2) is 0 Å². The SMILES string of the molecule is CCCNCC1(OCC(C)C)CCC(CCC)CC1. The summed E-state index contributed by atoms with van der Waals surface area (Å²) in [5, 5.41) is 3.59. The molecule has 114 valence electrons. The van der Waals surface area contributed by atoms with E-state index in [1.165, 1.54) is 44.9 Å². The molecule has 0 aromatic rings. The molecule has 1 saturated carbocycles. The summed E-state index contributed by atoms with van der Waals surface area (Å²) in [5.74, 6) is 1.59. The fourth-order valence-electron chi connectivity index (χ4n) is 3.11. The highest BCUT2D eigenvalue weighted by atomic mass is 16.5. The highest BCUT2D eigenvalue weighted by Gasteiger charge is 2.35. The summed E-state index contributed by atoms with van der Waals surface area (Å²) in [7, 11) is 0. The highest BCUT2D eigenvalue weighted by molar-refractivity contribution is 4.89. The molecule has 0 saturated heterocycles. The highest BCUT2D eigenvalue weighted by Crippen LogP contribution is 2.36. The average molecular weight is 269 g/mol. The van der Waals surface area contributed by atoms with Gasteiger partial charge in [0.15, 0.2) is 0 Å². The van der Waals surface area contributed by atoms with Gasteiger partial charge in [0.05, 0.1) is 5.60 Å². The van der Waals surface area contributed by atoms with Gasteiger partial charge in [0.2, 0.25) is 0 Å². The van der Waals surface area contributed by atoms with Crippen molar-refractivity contribution in [2.75, 3.05) is 19.7 Å². The summed E-state index contributed by atoms with van der Waals surface area (Å²) >= 11 is 0. The topological polar surface area (TPSA) is 21.3 Å². The first-order valence-electron chi connectivity index (χ1n) is 8.46. The predicted octanol–water partition coefficient (Wildman–Crippen LogP) is 4.39. The number of hydrogen-bond acceptors (Lipinski definition) is 2. The van der Waals surface area contributed by atoms with Crippen LogP contribution in [0.3, 0.4) is 0 Å². The van der Waals surface area contributed by atoms with Gasteiger partial charge in [-0.05, 0) is 50.5 Å². The summed E-state index contributed by atoms with van der Waals surface area (Å²) in [6, 6.07) is 0. The zero-order chi connectivity index (χ0) is 14.1. The summed E-state index contributed by atoms with van der Waals surface area (Å²) in [5.41, 5.74) is 0.129. The molecule has 2 heteroatoms. The lowest BCUT2D eigenvalue weighted by Gasteiger charge is -2.41. The van der Waals surface area contributed by atoms with Crippen molar-refractivity contribution in [2.24, 2.45) is 11.8 Å². The van der Waals surface area contributed by atoms with Crippen LogP contribution < -0.4 is 5.32 Å². The summed E-state index contributed by atoms with van der Waals surface area (Å²) in [6.45, 7) is 12.1. The van der Waals surface area contributed by atoms with Crippen LogP contribution in [0.5, 0.6) is 0 Å². The van der Waals surface area contributed by atoms with Crippen molar-refractivity contribution in [1.82, 2.24) is 5.32 Å². The Labute approximate surface area is 120 Å². The number of nitrogens with one attached hydrogen (secondary N) is 1. The monoisotopic (exact) mass is 269 g/mol. The molecule has 0 aliphatic heterocycles. The van der Waals surface area contributed by atoms with Crippen molar-refractivity contribution in [2.45, 2.75) is 78.2 Å². The van der Waals surface area contributed by atoms with Crippen LogP contribution in [-0.2, 0) is 4.74 Å². The summed E-state index contributed by atoms with van der Waals surface area (Å²) < 4.78 is 6.34. The Hall–Kier alpha value is -0.0800. The van der Waals surface area contributed by atoms with Crippen LogP contribution in [0.2, 0.25) is 0 Å². The first-order chi connectivity index (χ1) is 9.12. The lowest BCUT2D eigenvalue weighted by molar-refractivity contribution is -0.0858. The van der Waals surface area contributed by atoms with Crippen LogP contribution in [0.4, 0.5) is 0 Å². The molecule has 2 nitrogen and oxygen atoms in total. The maximum Gasteiger partial charge on any atom is 0.0806 e. The fraction of sp³-hybridized carbons (Fsp3) is 1.00. The van der Waals surface area contributed by atoms with E-state index in [0.29, 0.717) is 5.92 Å². The smallest absolute Gasteiger partial charge is 0.0806 e. The van der Waals surface area contributed by atoms with Gasteiger partial charge in [0.1, 0.15) is 0 Å². The van der Waals surface area contributed by atoms with Gasteiger partial charge in [0.25, 0.3) is 0 Å². The lowest BCUT2D eigenvalue weighted by Crippen LogP contribution is -2.46. The molecule has 0 unspecified atom stereocenters. The van der Waals surface area contributed by atoms with E-state index < -0.39 is 0 Å². The maximum atomic E-state index is 6.34. The largest absolute Gasteiger partial charge is 0.373 e. The Morgan fingerprint density at radius 1 is 1.16 bits per heavy atom. The minimum atomic E-state index is 0.129. The third kappa shape index (κ3) is 6.27. The van der Waals surface area contributed by atoms with Gasteiger partial charge in [-0.1, -0.05) is 40.5 Å². The molecule has 0 atom stereocenters. The normalized spacial score (nSPS) is 27.9. The van der Waals surface area contributed by atoms with Crippen molar-refractivity contribution in [3.05, 3.63) is 0 Å². The lowest BCUT2D eigenvalue weighted by atomic mass is 9.77. The van der Waals surface area contributed by atoms with Gasteiger partial charge < -0.3 is 10.1 Å². The molecule has 0 radical (unpaired) electrons. The molecule has 1 aliphatic carbocycles. The minimum Gasteiger partial charge on any atom is -0.373 e. The van der Waals surface area contributed by atoms with Crippen LogP contribution >= 0.6 is 0 Å². The quantitative estimate of drug-likeness (QED) is 0.627. The maximum absolute atomic E-state index is 6.34. The molecular formula is C17H35NO. The van der Waals surface area contributed by atoms with Crippen LogP contribution in [0.1, 0.15) is 72.6 Å². The Kier molecular flexibility index (Phi) is 8.01. The second-order valence-corrected chi connectivity index (χ2v) is 6.80. The number of hydrogen-bond donors (Lipinski definition) is 1. The Morgan fingerprint density at radius 3 is 2.37 bits per heavy atom. The number of ether oxygens (including phenoxy) is 1. The van der Waals surface area contributed by atoms with Crippen molar-refractivity contribution in [1.29, 1.82) is 0 Å². The van der Waals surface area contributed by atoms with Crippen LogP contribution in [0.25, 0.3) is 0 Å². The van der Waals surface area contributed by atoms with E-state index >= 15 is 0 Å². The third-order valence-electron chi connectivity index (χ3n) is 4.31. The molecule has 0 spiro atoms. The molecule has 1 rings (SSSR count). The Bertz CT molecular complexity index is 219. The van der Waals surface area contributed by atoms with E-state index in [-0.39, 0.29) is 5.60 Å². The van der Waals surface area contributed by atoms with Gasteiger partial charge in [0, 0.05) is 13.2 Å². The summed E-state index contributed by atoms with van der Waals surface area (Å²) in [6.07, 6.45) is 9.17. The first-order valence-corrected chi connectivity index (χ1v) is 8.46. The molecule has 0 aromatic carbocycles. The molecule has 0 heterocycles. The van der Waals surface area contributed by atoms with E-state index in [9.17, 15) is 0 Å². The second-order valence-electron chi connectivity index (χ2n) is 6.80. The van der Waals surface area contributed by atoms with Crippen molar-refractivity contribution in [3.8, 4) is 0 Å². The van der Waals surface area contributed by atoms with E-state index in [4.69, 9.17) is 4.74 Å². The van der Waals surface area contributed by atoms with Crippen LogP contribution in [0, 0.1) is 11.8 Å². The first kappa shape index (κ1) is 17.0. The zero-order valence-corrected chi connectivity index (χ0v) is 13.6. The molecule has 0 aromatic heterocycles. The van der Waals surface area contributed by atoms with Gasteiger partial charge in [-0.2, -0.15) is 0 Å². The minimum absolute atomic E-state index is 0.129. The van der Waals surface area contributed by atoms with E-state index in [2.05, 4.69) is 33.0 Å². The van der Waals surface area contributed by atoms with E-state index in [0.717, 1.165) is 25.6 Å². The standard InChI is InChI=1S/C17H35NO/c1-5-7-16-8-10-17(11-9-16,14-18-12-6-2)19-13-15(3)4/h15-16,18H,5-14H2,1-4H3. The fourth-order valence-corrected chi connectivity index (χ4v) is 3.11. The Balaban J connectivity index is 2.46. The second kappa shape index (κ2) is 8.97. The van der Waals surface area contributed by atoms with Gasteiger partial charge in [-0.15, -0.1) is 0 Å². The molecule has 0 amide bonds. The average Bonchev–Trinajstić information content (AvgIpc) is 2.40. The molecular weight excluding hydrogens is 234 g/mol. The van der Waals surface area contributed by atoms with Gasteiger partial charge in [-0.3, -0.25) is 0 Å². The van der Waals surface area contributed by atoms with Gasteiger partial charge in [-0.25, -0.2) is 0 Å². The molecule has 1 aliphatic rings. The zero-order valence-electron chi connectivity index (χ0n) is 13.6. The van der Waals surface area contributed by atoms with Crippen molar-refractivity contribution < 1.29 is 4.74 Å². The van der Waals surface area contributed by atoms with E-state index in [1.54, 1.807) is 0 Å². The molecule has 19 heavy (non-hydrogen) atoms. The van der Waals surface area contributed by atoms with Crippen molar-refractivity contribution >= 4 is 0 Å². The number of rotatable bonds is 9. The summed E-state index contributed by atoms with van der Waals surface area (Å²) in [4.78, 5) is 0.